The lowest BCUT2D eigenvalue weighted by atomic mass is 9.50. The van der Waals surface area contributed by atoms with Crippen LogP contribution in [0.15, 0.2) is 0 Å². The first kappa shape index (κ1) is 63.4. The summed E-state index contributed by atoms with van der Waals surface area (Å²) in [6.45, 7) is 22.8. The van der Waals surface area contributed by atoms with E-state index in [-0.39, 0.29) is 79.7 Å². The van der Waals surface area contributed by atoms with E-state index in [9.17, 15) is 29.1 Å². The van der Waals surface area contributed by atoms with Gasteiger partial charge < -0.3 is 28.8 Å². The fourth-order valence-electron chi connectivity index (χ4n) is 11.1. The summed E-state index contributed by atoms with van der Waals surface area (Å²) in [4.78, 5) is 59.7. The number of esters is 5. The minimum atomic E-state index is -0.951. The molecule has 8 bridgehead atoms. The minimum Gasteiger partial charge on any atom is -0.462 e. The first-order valence-electron chi connectivity index (χ1n) is 22.4. The maximum atomic E-state index is 12.5. The molecule has 1 N–H and O–H groups in total. The maximum Gasteiger partial charge on any atom is 0.348 e. The van der Waals surface area contributed by atoms with Crippen LogP contribution in [0.5, 0.6) is 0 Å². The van der Waals surface area contributed by atoms with Gasteiger partial charge in [-0.2, -0.15) is 0 Å². The highest BCUT2D eigenvalue weighted by molar-refractivity contribution is 5.84. The standard InChI is InChI=1S/C17H28O2.C16H26O3.C14H22O6.6CH4/c1-5-16(2,3)15(18)19-17(4)13-7-11-6-12(9-13)10-14(17)8-11;1-4-14(2,3)13(17)19-16-8-11-5-12(9-16)7-15(18,6-11)10-16;1-6-13(2,3)12(17)18-7-9(15)20-10-11(16)19-8-14(10,4)5;;;;;;/h11-14H,5-10H2,1-4H3;11-12,18H,4-10H2,1-3H3;10H,6-8H2,1-5H3;6*1H4. The van der Waals surface area contributed by atoms with E-state index in [1.165, 1.54) is 38.5 Å². The Morgan fingerprint density at radius 2 is 1.03 bits per heavy atom. The summed E-state index contributed by atoms with van der Waals surface area (Å²) in [5, 5.41) is 10.6. The Hall–Kier alpha value is -2.69. The van der Waals surface area contributed by atoms with Crippen LogP contribution in [0.2, 0.25) is 0 Å². The Labute approximate surface area is 392 Å². The molecular weight excluding hydrogens is 813 g/mol. The molecule has 0 aromatic rings. The zero-order chi connectivity index (χ0) is 43.3. The summed E-state index contributed by atoms with van der Waals surface area (Å²) in [6, 6.07) is 0. The number of aliphatic hydroxyl groups is 1. The molecule has 0 radical (unpaired) electrons. The first-order chi connectivity index (χ1) is 26.7. The lowest BCUT2D eigenvalue weighted by Crippen LogP contribution is -2.61. The predicted molar refractivity (Wildman–Crippen MR) is 258 cm³/mol. The van der Waals surface area contributed by atoms with Gasteiger partial charge in [-0.3, -0.25) is 14.4 Å². The molecule has 0 spiro atoms. The molecule has 8 aliphatic carbocycles. The summed E-state index contributed by atoms with van der Waals surface area (Å²) in [5.74, 6) is 2.37. The van der Waals surface area contributed by atoms with Crippen molar-refractivity contribution < 1.29 is 52.8 Å². The highest BCUT2D eigenvalue weighted by Gasteiger charge is 2.60. The Kier molecular flexibility index (Phi) is 22.7. The minimum absolute atomic E-state index is 0. The molecule has 11 heteroatoms. The molecule has 9 aliphatic rings. The summed E-state index contributed by atoms with van der Waals surface area (Å²) in [5.41, 5.74) is -3.05. The highest BCUT2D eigenvalue weighted by atomic mass is 16.6. The maximum absolute atomic E-state index is 12.5. The highest BCUT2D eigenvalue weighted by Crippen LogP contribution is 2.61. The Morgan fingerprint density at radius 3 is 1.42 bits per heavy atom. The van der Waals surface area contributed by atoms with Crippen molar-refractivity contribution in [3.63, 3.8) is 0 Å². The topological polar surface area (TPSA) is 152 Å². The van der Waals surface area contributed by atoms with Crippen molar-refractivity contribution in [3.8, 4) is 0 Å². The lowest BCUT2D eigenvalue weighted by molar-refractivity contribution is -0.225. The van der Waals surface area contributed by atoms with E-state index in [2.05, 4.69) is 13.8 Å². The average Bonchev–Trinajstić information content (AvgIpc) is 3.38. The zero-order valence-electron chi connectivity index (χ0n) is 37.9. The van der Waals surface area contributed by atoms with Crippen molar-refractivity contribution in [2.24, 2.45) is 57.2 Å². The molecule has 9 fully saturated rings. The molecule has 3 atom stereocenters. The van der Waals surface area contributed by atoms with Gasteiger partial charge in [0, 0.05) is 11.8 Å². The molecule has 8 saturated carbocycles. The second-order valence-corrected chi connectivity index (χ2v) is 22.4. The van der Waals surface area contributed by atoms with Crippen LogP contribution >= 0.6 is 0 Å². The predicted octanol–water partition coefficient (Wildman–Crippen LogP) is 12.5. The largest absolute Gasteiger partial charge is 0.462 e. The van der Waals surface area contributed by atoms with Gasteiger partial charge in [0.2, 0.25) is 6.10 Å². The molecule has 1 aliphatic heterocycles. The number of hydrogen-bond donors (Lipinski definition) is 1. The van der Waals surface area contributed by atoms with Crippen LogP contribution in [-0.2, 0) is 47.7 Å². The van der Waals surface area contributed by atoms with E-state index in [0.29, 0.717) is 36.5 Å². The van der Waals surface area contributed by atoms with Crippen LogP contribution in [0, 0.1) is 57.2 Å². The van der Waals surface area contributed by atoms with E-state index in [4.69, 9.17) is 23.7 Å². The van der Waals surface area contributed by atoms with E-state index in [1.807, 2.05) is 41.5 Å². The van der Waals surface area contributed by atoms with Crippen LogP contribution < -0.4 is 0 Å². The second kappa shape index (κ2) is 22.9. The fourth-order valence-corrected chi connectivity index (χ4v) is 11.1. The summed E-state index contributed by atoms with van der Waals surface area (Å²) < 4.78 is 26.9. The third-order valence-electron chi connectivity index (χ3n) is 15.7. The molecule has 64 heavy (non-hydrogen) atoms. The summed E-state index contributed by atoms with van der Waals surface area (Å²) in [7, 11) is 0. The van der Waals surface area contributed by atoms with Gasteiger partial charge in [0.25, 0.3) is 0 Å². The molecule has 378 valence electrons. The van der Waals surface area contributed by atoms with Crippen LogP contribution in [-0.4, -0.2) is 71.1 Å². The normalized spacial score (nSPS) is 33.0. The Balaban J connectivity index is 0. The molecule has 0 aromatic heterocycles. The molecule has 3 unspecified atom stereocenters. The molecule has 0 aromatic carbocycles. The Morgan fingerprint density at radius 1 is 0.625 bits per heavy atom. The van der Waals surface area contributed by atoms with Gasteiger partial charge in [-0.1, -0.05) is 79.2 Å². The van der Waals surface area contributed by atoms with Gasteiger partial charge in [-0.15, -0.1) is 0 Å². The number of hydrogen-bond acceptors (Lipinski definition) is 11. The number of ether oxygens (including phenoxy) is 5. The summed E-state index contributed by atoms with van der Waals surface area (Å²) in [6.07, 6.45) is 13.6. The molecule has 1 heterocycles. The van der Waals surface area contributed by atoms with Crippen molar-refractivity contribution in [1.82, 2.24) is 0 Å². The number of carbonyl (C=O) groups excluding carboxylic acids is 5. The SMILES string of the molecule is C.C.C.C.C.C.CCC(C)(C)C(=O)OC1(C)C2CC3CC(C2)CC1C3.CCC(C)(C)C(=O)OC12CC3CC(CC(O)(C3)C1)C2.CCC(C)(C)C(=O)OCC(=O)OC1C(=O)OCC1(C)C. The first-order valence-corrected chi connectivity index (χ1v) is 22.4. The lowest BCUT2D eigenvalue weighted by Gasteiger charge is -2.59. The molecule has 1 saturated heterocycles. The van der Waals surface area contributed by atoms with E-state index in [0.717, 1.165) is 50.4 Å². The van der Waals surface area contributed by atoms with Gasteiger partial charge in [0.05, 0.1) is 21.8 Å². The number of carbonyl (C=O) groups is 5. The molecule has 9 rings (SSSR count). The van der Waals surface area contributed by atoms with Crippen LogP contribution in [0.25, 0.3) is 0 Å². The smallest absolute Gasteiger partial charge is 0.348 e. The zero-order valence-corrected chi connectivity index (χ0v) is 37.9. The van der Waals surface area contributed by atoms with Crippen molar-refractivity contribution in [2.75, 3.05) is 13.2 Å². The van der Waals surface area contributed by atoms with Crippen LogP contribution in [0.3, 0.4) is 0 Å². The summed E-state index contributed by atoms with van der Waals surface area (Å²) >= 11 is 0. The van der Waals surface area contributed by atoms with Crippen LogP contribution in [0.1, 0.15) is 218 Å². The Bertz CT molecular complexity index is 1510. The van der Waals surface area contributed by atoms with Gasteiger partial charge in [0.15, 0.2) is 6.61 Å². The van der Waals surface area contributed by atoms with Crippen molar-refractivity contribution in [2.45, 2.75) is 240 Å². The fraction of sp³-hybridized carbons (Fsp3) is 0.906. The second-order valence-electron chi connectivity index (χ2n) is 22.4. The van der Waals surface area contributed by atoms with Gasteiger partial charge in [-0.25, -0.2) is 9.59 Å². The van der Waals surface area contributed by atoms with Gasteiger partial charge in [0.1, 0.15) is 17.8 Å². The average molecular weight is 913 g/mol. The molecule has 0 amide bonds. The van der Waals surface area contributed by atoms with Crippen LogP contribution in [0.4, 0.5) is 0 Å². The van der Waals surface area contributed by atoms with E-state index >= 15 is 0 Å². The van der Waals surface area contributed by atoms with Gasteiger partial charge >= 0.3 is 29.8 Å². The molecule has 11 nitrogen and oxygen atoms in total. The van der Waals surface area contributed by atoms with E-state index < -0.39 is 52.5 Å². The van der Waals surface area contributed by atoms with E-state index in [1.54, 1.807) is 27.7 Å². The monoisotopic (exact) mass is 913 g/mol. The van der Waals surface area contributed by atoms with Crippen molar-refractivity contribution >= 4 is 29.8 Å². The quantitative estimate of drug-likeness (QED) is 0.156. The van der Waals surface area contributed by atoms with Crippen molar-refractivity contribution in [1.29, 1.82) is 0 Å². The third kappa shape index (κ3) is 13.7. The number of rotatable bonds is 11. The van der Waals surface area contributed by atoms with Crippen molar-refractivity contribution in [3.05, 3.63) is 0 Å². The number of cyclic esters (lactones) is 1. The molecular formula is C53H100O11. The van der Waals surface area contributed by atoms with Gasteiger partial charge in [-0.05, 0) is 167 Å². The third-order valence-corrected chi connectivity index (χ3v) is 15.7.